The minimum absolute atomic E-state index is 0.106. The molecular formula is C20H30O4S. The van der Waals surface area contributed by atoms with Crippen molar-refractivity contribution in [1.82, 2.24) is 0 Å². The minimum atomic E-state index is -1.12. The number of rotatable bonds is 6. The topological polar surface area (TPSA) is 55.8 Å². The Bertz CT molecular complexity index is 564. The normalized spacial score (nSPS) is 32.0. The van der Waals surface area contributed by atoms with Gasteiger partial charge in [-0.1, -0.05) is 64.1 Å². The van der Waals surface area contributed by atoms with Gasteiger partial charge in [0, 0.05) is 11.3 Å². The van der Waals surface area contributed by atoms with E-state index in [0.717, 1.165) is 11.3 Å². The molecule has 5 heteroatoms. The second-order valence-electron chi connectivity index (χ2n) is 7.16. The van der Waals surface area contributed by atoms with Crippen molar-refractivity contribution in [2.75, 3.05) is 7.11 Å². The molecule has 1 unspecified atom stereocenters. The van der Waals surface area contributed by atoms with E-state index in [2.05, 4.69) is 20.8 Å². The largest absolute Gasteiger partial charge is 0.466 e. The maximum atomic E-state index is 12.7. The number of hydrogen-bond donors (Lipinski definition) is 1. The first-order chi connectivity index (χ1) is 11.8. The minimum Gasteiger partial charge on any atom is -0.466 e. The second-order valence-corrected chi connectivity index (χ2v) is 8.49. The zero-order valence-electron chi connectivity index (χ0n) is 15.8. The van der Waals surface area contributed by atoms with Crippen LogP contribution < -0.4 is 0 Å². The summed E-state index contributed by atoms with van der Waals surface area (Å²) in [6.45, 7) is 8.28. The molecule has 0 radical (unpaired) electrons. The first kappa shape index (κ1) is 20.3. The van der Waals surface area contributed by atoms with Gasteiger partial charge < -0.3 is 14.6 Å². The van der Waals surface area contributed by atoms with Crippen LogP contribution in [-0.4, -0.2) is 35.3 Å². The number of carbonyl (C=O) groups is 1. The molecule has 0 aliphatic carbocycles. The lowest BCUT2D eigenvalue weighted by molar-refractivity contribution is -0.197. The van der Waals surface area contributed by atoms with Crippen LogP contribution in [0.25, 0.3) is 0 Å². The number of aliphatic hydroxyl groups excluding tert-OH is 1. The quantitative estimate of drug-likeness (QED) is 0.768. The smallest absolute Gasteiger partial charge is 0.349 e. The molecule has 25 heavy (non-hydrogen) atoms. The molecule has 0 bridgehead atoms. The Labute approximate surface area is 155 Å². The third kappa shape index (κ3) is 4.39. The van der Waals surface area contributed by atoms with Gasteiger partial charge in [0.2, 0.25) is 4.93 Å². The van der Waals surface area contributed by atoms with Gasteiger partial charge in [0.25, 0.3) is 0 Å². The average Bonchev–Trinajstić information content (AvgIpc) is 2.63. The molecule has 1 aromatic rings. The lowest BCUT2D eigenvalue weighted by Gasteiger charge is -2.47. The Morgan fingerprint density at radius 3 is 2.60 bits per heavy atom. The van der Waals surface area contributed by atoms with Gasteiger partial charge in [-0.2, -0.15) is 0 Å². The predicted octanol–water partition coefficient (Wildman–Crippen LogP) is 4.12. The highest BCUT2D eigenvalue weighted by Crippen LogP contribution is 2.48. The summed E-state index contributed by atoms with van der Waals surface area (Å²) >= 11 is 1.38. The predicted molar refractivity (Wildman–Crippen MR) is 100 cm³/mol. The summed E-state index contributed by atoms with van der Waals surface area (Å²) in [6.07, 6.45) is 0.417. The molecule has 1 aliphatic heterocycles. The Kier molecular flexibility index (Phi) is 6.94. The van der Waals surface area contributed by atoms with E-state index < -0.39 is 17.1 Å². The molecule has 2 rings (SSSR count). The van der Waals surface area contributed by atoms with Crippen molar-refractivity contribution in [1.29, 1.82) is 0 Å². The highest BCUT2D eigenvalue weighted by Gasteiger charge is 2.52. The van der Waals surface area contributed by atoms with Crippen LogP contribution in [0.2, 0.25) is 0 Å². The fourth-order valence-electron chi connectivity index (χ4n) is 3.33. The van der Waals surface area contributed by atoms with E-state index in [1.807, 2.05) is 37.3 Å². The third-order valence-electron chi connectivity index (χ3n) is 5.42. The van der Waals surface area contributed by atoms with E-state index in [1.165, 1.54) is 18.9 Å². The van der Waals surface area contributed by atoms with Gasteiger partial charge in [0.05, 0.1) is 19.3 Å². The monoisotopic (exact) mass is 366 g/mol. The van der Waals surface area contributed by atoms with Crippen LogP contribution in [0.5, 0.6) is 0 Å². The molecule has 0 aromatic heterocycles. The third-order valence-corrected chi connectivity index (χ3v) is 6.69. The number of benzene rings is 1. The van der Waals surface area contributed by atoms with Gasteiger partial charge in [-0.05, 0) is 29.9 Å². The maximum absolute atomic E-state index is 12.7. The molecule has 4 nitrogen and oxygen atoms in total. The summed E-state index contributed by atoms with van der Waals surface area (Å²) in [5.74, 6) is 0.113. The molecule has 1 saturated heterocycles. The first-order valence-electron chi connectivity index (χ1n) is 9.03. The van der Waals surface area contributed by atoms with E-state index in [0.29, 0.717) is 6.42 Å². The van der Waals surface area contributed by atoms with E-state index in [-0.39, 0.29) is 23.7 Å². The number of aliphatic hydroxyl groups is 1. The molecule has 140 valence electrons. The van der Waals surface area contributed by atoms with Crippen molar-refractivity contribution in [3.63, 3.8) is 0 Å². The zero-order valence-corrected chi connectivity index (χ0v) is 16.6. The summed E-state index contributed by atoms with van der Waals surface area (Å²) in [5.41, 5.74) is 0. The number of esters is 1. The maximum Gasteiger partial charge on any atom is 0.349 e. The number of ether oxygens (including phenoxy) is 2. The van der Waals surface area contributed by atoms with Crippen molar-refractivity contribution in [2.45, 2.75) is 62.6 Å². The van der Waals surface area contributed by atoms with Crippen molar-refractivity contribution in [3.8, 4) is 0 Å². The van der Waals surface area contributed by atoms with E-state index >= 15 is 0 Å². The number of hydrogen-bond acceptors (Lipinski definition) is 5. The Morgan fingerprint density at radius 2 is 2.04 bits per heavy atom. The van der Waals surface area contributed by atoms with Crippen LogP contribution in [-0.2, 0) is 14.3 Å². The molecule has 1 aliphatic rings. The molecule has 0 saturated carbocycles. The Balaban J connectivity index is 2.36. The molecule has 0 spiro atoms. The number of thioether (sulfide) groups is 1. The SMILES string of the molecule is CC[C@@H](C)[C@@H](O)C1O[C@](Sc2ccccc2)(C(=O)OC)C[C@@H](C)[C@H]1C. The standard InChI is InChI=1S/C20H30O4S/c1-6-13(2)17(21)18-15(4)14(3)12-20(24-18,19(22)23-5)25-16-10-8-7-9-11-16/h7-11,13-15,17-18,21H,6,12H2,1-5H3/t13-,14-,15-,17-,18?,20-/m1/s1. The van der Waals surface area contributed by atoms with E-state index in [1.54, 1.807) is 0 Å². The summed E-state index contributed by atoms with van der Waals surface area (Å²) < 4.78 is 11.4. The van der Waals surface area contributed by atoms with Crippen LogP contribution in [0.4, 0.5) is 0 Å². The van der Waals surface area contributed by atoms with Crippen LogP contribution in [0.1, 0.15) is 40.5 Å². The van der Waals surface area contributed by atoms with Crippen LogP contribution >= 0.6 is 11.8 Å². The number of carbonyl (C=O) groups excluding carboxylic acids is 1. The molecule has 1 heterocycles. The summed E-state index contributed by atoms with van der Waals surface area (Å²) in [5, 5.41) is 10.8. The molecule has 6 atom stereocenters. The summed E-state index contributed by atoms with van der Waals surface area (Å²) in [7, 11) is 1.39. The van der Waals surface area contributed by atoms with Gasteiger partial charge >= 0.3 is 5.97 Å². The van der Waals surface area contributed by atoms with Crippen LogP contribution in [0.3, 0.4) is 0 Å². The van der Waals surface area contributed by atoms with Crippen molar-refractivity contribution >= 4 is 17.7 Å². The van der Waals surface area contributed by atoms with Gasteiger partial charge in [-0.3, -0.25) is 0 Å². The highest BCUT2D eigenvalue weighted by atomic mass is 32.2. The highest BCUT2D eigenvalue weighted by molar-refractivity contribution is 8.01. The van der Waals surface area contributed by atoms with Crippen molar-refractivity contribution < 1.29 is 19.4 Å². The van der Waals surface area contributed by atoms with Crippen molar-refractivity contribution in [2.24, 2.45) is 17.8 Å². The summed E-state index contributed by atoms with van der Waals surface area (Å²) in [4.78, 5) is 12.5. The fourth-order valence-corrected chi connectivity index (χ4v) is 4.67. The van der Waals surface area contributed by atoms with Gasteiger partial charge in [-0.15, -0.1) is 0 Å². The van der Waals surface area contributed by atoms with Gasteiger partial charge in [0.15, 0.2) is 0 Å². The molecule has 1 fully saturated rings. The first-order valence-corrected chi connectivity index (χ1v) is 9.84. The van der Waals surface area contributed by atoms with Gasteiger partial charge in [-0.25, -0.2) is 4.79 Å². The lowest BCUT2D eigenvalue weighted by Crippen LogP contribution is -2.55. The Morgan fingerprint density at radius 1 is 1.40 bits per heavy atom. The van der Waals surface area contributed by atoms with E-state index in [9.17, 15) is 9.90 Å². The fraction of sp³-hybridized carbons (Fsp3) is 0.650. The lowest BCUT2D eigenvalue weighted by atomic mass is 9.78. The van der Waals surface area contributed by atoms with Crippen LogP contribution in [0.15, 0.2) is 35.2 Å². The molecular weight excluding hydrogens is 336 g/mol. The zero-order chi connectivity index (χ0) is 18.6. The second kappa shape index (κ2) is 8.56. The molecule has 0 amide bonds. The average molecular weight is 367 g/mol. The van der Waals surface area contributed by atoms with Gasteiger partial charge in [0.1, 0.15) is 0 Å². The van der Waals surface area contributed by atoms with Crippen LogP contribution in [0, 0.1) is 17.8 Å². The Hall–Kier alpha value is -1.04. The van der Waals surface area contributed by atoms with E-state index in [4.69, 9.17) is 9.47 Å². The number of methoxy groups -OCH3 is 1. The molecule has 1 N–H and O–H groups in total. The molecule has 1 aromatic carbocycles. The van der Waals surface area contributed by atoms with Crippen molar-refractivity contribution in [3.05, 3.63) is 30.3 Å². The summed E-state index contributed by atoms with van der Waals surface area (Å²) in [6, 6.07) is 9.74.